The van der Waals surface area contributed by atoms with E-state index in [4.69, 9.17) is 9.47 Å². The number of halogens is 3. The highest BCUT2D eigenvalue weighted by Crippen LogP contribution is 2.36. The first-order chi connectivity index (χ1) is 10.7. The normalized spacial score (nSPS) is 12.6. The van der Waals surface area contributed by atoms with E-state index < -0.39 is 40.2 Å². The molecule has 128 valence electrons. The molecule has 0 saturated carbocycles. The maximum absolute atomic E-state index is 12.6. The van der Waals surface area contributed by atoms with Crippen molar-refractivity contribution in [2.24, 2.45) is 0 Å². The van der Waals surface area contributed by atoms with Gasteiger partial charge in [0.15, 0.2) is 11.9 Å². The Morgan fingerprint density at radius 1 is 1.39 bits per heavy atom. The van der Waals surface area contributed by atoms with Crippen LogP contribution in [0, 0.1) is 10.1 Å². The molecule has 9 heteroatoms. The van der Waals surface area contributed by atoms with E-state index in [-0.39, 0.29) is 6.61 Å². The molecule has 1 atom stereocenters. The van der Waals surface area contributed by atoms with Crippen molar-refractivity contribution in [3.05, 3.63) is 33.9 Å². The number of nitrogens with zero attached hydrogens (tertiary/aromatic N) is 1. The highest BCUT2D eigenvalue weighted by molar-refractivity contribution is 5.74. The Morgan fingerprint density at radius 3 is 2.57 bits per heavy atom. The topological polar surface area (TPSA) is 78.7 Å². The first-order valence-electron chi connectivity index (χ1n) is 6.85. The Hall–Kier alpha value is -2.32. The van der Waals surface area contributed by atoms with Gasteiger partial charge < -0.3 is 9.47 Å². The van der Waals surface area contributed by atoms with E-state index in [0.717, 1.165) is 12.5 Å². The minimum atomic E-state index is -4.71. The third kappa shape index (κ3) is 5.42. The second-order valence-corrected chi connectivity index (χ2v) is 4.72. The van der Waals surface area contributed by atoms with Crippen LogP contribution in [0.4, 0.5) is 18.9 Å². The van der Waals surface area contributed by atoms with E-state index in [1.807, 2.05) is 6.92 Å². The van der Waals surface area contributed by atoms with Crippen molar-refractivity contribution in [1.29, 1.82) is 0 Å². The number of hydrogen-bond donors (Lipinski definition) is 0. The molecule has 0 N–H and O–H groups in total. The quantitative estimate of drug-likeness (QED) is 0.328. The standard InChI is InChI=1S/C14H16F3NO5/c1-3-4-7-22-13(19)9(2)23-12-6-5-10(14(15,16)17)8-11(12)18(20)21/h5-6,8-9H,3-4,7H2,1-2H3. The molecule has 6 nitrogen and oxygen atoms in total. The SMILES string of the molecule is CCCCOC(=O)C(C)Oc1ccc(C(F)(F)F)cc1[N+](=O)[O-]. The number of nitro benzene ring substituents is 1. The van der Waals surface area contributed by atoms with Crippen molar-refractivity contribution in [1.82, 2.24) is 0 Å². The third-order valence-electron chi connectivity index (χ3n) is 2.86. The van der Waals surface area contributed by atoms with E-state index in [0.29, 0.717) is 18.6 Å². The third-order valence-corrected chi connectivity index (χ3v) is 2.86. The fourth-order valence-electron chi connectivity index (χ4n) is 1.61. The molecule has 0 saturated heterocycles. The van der Waals surface area contributed by atoms with E-state index in [9.17, 15) is 28.1 Å². The van der Waals surface area contributed by atoms with Crippen molar-refractivity contribution in [2.75, 3.05) is 6.61 Å². The van der Waals surface area contributed by atoms with Gasteiger partial charge in [-0.2, -0.15) is 13.2 Å². The van der Waals surface area contributed by atoms with E-state index in [1.165, 1.54) is 6.92 Å². The van der Waals surface area contributed by atoms with Crippen molar-refractivity contribution in [3.63, 3.8) is 0 Å². The van der Waals surface area contributed by atoms with Crippen molar-refractivity contribution in [3.8, 4) is 5.75 Å². The van der Waals surface area contributed by atoms with Crippen LogP contribution in [-0.4, -0.2) is 23.6 Å². The summed E-state index contributed by atoms with van der Waals surface area (Å²) in [6.07, 6.45) is -4.43. The second-order valence-electron chi connectivity index (χ2n) is 4.72. The molecule has 0 fully saturated rings. The number of alkyl halides is 3. The van der Waals surface area contributed by atoms with Crippen LogP contribution in [0.1, 0.15) is 32.3 Å². The number of benzene rings is 1. The van der Waals surface area contributed by atoms with Gasteiger partial charge >= 0.3 is 17.8 Å². The molecule has 0 aromatic heterocycles. The smallest absolute Gasteiger partial charge is 0.416 e. The maximum Gasteiger partial charge on any atom is 0.416 e. The Labute approximate surface area is 130 Å². The van der Waals surface area contributed by atoms with E-state index in [2.05, 4.69) is 0 Å². The summed E-state index contributed by atoms with van der Waals surface area (Å²) in [4.78, 5) is 21.5. The minimum absolute atomic E-state index is 0.179. The van der Waals surface area contributed by atoms with Crippen LogP contribution in [-0.2, 0) is 15.7 Å². The van der Waals surface area contributed by atoms with Crippen LogP contribution in [0.5, 0.6) is 5.75 Å². The van der Waals surface area contributed by atoms with Gasteiger partial charge in [0.05, 0.1) is 17.1 Å². The lowest BCUT2D eigenvalue weighted by molar-refractivity contribution is -0.386. The lowest BCUT2D eigenvalue weighted by Gasteiger charge is -2.15. The number of hydrogen-bond acceptors (Lipinski definition) is 5. The van der Waals surface area contributed by atoms with Gasteiger partial charge in [-0.1, -0.05) is 13.3 Å². The molecule has 0 bridgehead atoms. The van der Waals surface area contributed by atoms with Gasteiger partial charge in [0.2, 0.25) is 0 Å². The number of carbonyl (C=O) groups is 1. The lowest BCUT2D eigenvalue weighted by Crippen LogP contribution is -2.26. The molecular weight excluding hydrogens is 319 g/mol. The first-order valence-corrected chi connectivity index (χ1v) is 6.85. The summed E-state index contributed by atoms with van der Waals surface area (Å²) in [6, 6.07) is 1.83. The molecule has 1 aromatic rings. The summed E-state index contributed by atoms with van der Waals surface area (Å²) in [5.74, 6) is -1.17. The zero-order valence-electron chi connectivity index (χ0n) is 12.6. The number of unbranched alkanes of at least 4 members (excludes halogenated alkanes) is 1. The van der Waals surface area contributed by atoms with Crippen LogP contribution in [0.25, 0.3) is 0 Å². The van der Waals surface area contributed by atoms with Crippen LogP contribution in [0.2, 0.25) is 0 Å². The molecule has 0 radical (unpaired) electrons. The molecule has 0 heterocycles. The highest BCUT2D eigenvalue weighted by Gasteiger charge is 2.34. The summed E-state index contributed by atoms with van der Waals surface area (Å²) in [7, 11) is 0. The van der Waals surface area contributed by atoms with Crippen molar-refractivity contribution >= 4 is 11.7 Å². The van der Waals surface area contributed by atoms with Gasteiger partial charge in [0.25, 0.3) is 0 Å². The first kappa shape index (κ1) is 18.7. The summed E-state index contributed by atoms with van der Waals surface area (Å²) < 4.78 is 47.7. The number of carbonyl (C=O) groups excluding carboxylic acids is 1. The number of esters is 1. The summed E-state index contributed by atoms with van der Waals surface area (Å²) in [5.41, 5.74) is -2.04. The average molecular weight is 335 g/mol. The number of ether oxygens (including phenoxy) is 2. The lowest BCUT2D eigenvalue weighted by atomic mass is 10.2. The Bertz CT molecular complexity index is 574. The largest absolute Gasteiger partial charge is 0.472 e. The molecule has 0 aliphatic heterocycles. The molecule has 23 heavy (non-hydrogen) atoms. The van der Waals surface area contributed by atoms with Crippen molar-refractivity contribution in [2.45, 2.75) is 39.0 Å². The monoisotopic (exact) mass is 335 g/mol. The predicted molar refractivity (Wildman–Crippen MR) is 74.1 cm³/mol. The molecule has 0 aliphatic carbocycles. The second kappa shape index (κ2) is 7.80. The van der Waals surface area contributed by atoms with Gasteiger partial charge in [-0.25, -0.2) is 4.79 Å². The van der Waals surface area contributed by atoms with Crippen LogP contribution in [0.15, 0.2) is 18.2 Å². The zero-order valence-corrected chi connectivity index (χ0v) is 12.6. The van der Waals surface area contributed by atoms with E-state index in [1.54, 1.807) is 0 Å². The minimum Gasteiger partial charge on any atom is -0.472 e. The van der Waals surface area contributed by atoms with Gasteiger partial charge in [-0.05, 0) is 25.5 Å². The highest BCUT2D eigenvalue weighted by atomic mass is 19.4. The molecule has 0 aliphatic rings. The predicted octanol–water partition coefficient (Wildman–Crippen LogP) is 3.72. The Balaban J connectivity index is 2.91. The zero-order chi connectivity index (χ0) is 17.6. The summed E-state index contributed by atoms with van der Waals surface area (Å²) in [5, 5.41) is 10.9. The fraction of sp³-hybridized carbons (Fsp3) is 0.500. The molecule has 0 spiro atoms. The fourth-order valence-corrected chi connectivity index (χ4v) is 1.61. The molecule has 1 unspecified atom stereocenters. The van der Waals surface area contributed by atoms with Crippen LogP contribution >= 0.6 is 0 Å². The molecule has 0 amide bonds. The molecule has 1 rings (SSSR count). The molecular formula is C14H16F3NO5. The Kier molecular flexibility index (Phi) is 6.35. The van der Waals surface area contributed by atoms with Crippen molar-refractivity contribution < 1.29 is 32.4 Å². The van der Waals surface area contributed by atoms with Crippen LogP contribution in [0.3, 0.4) is 0 Å². The van der Waals surface area contributed by atoms with Gasteiger partial charge in [-0.3, -0.25) is 10.1 Å². The maximum atomic E-state index is 12.6. The summed E-state index contributed by atoms with van der Waals surface area (Å²) >= 11 is 0. The Morgan fingerprint density at radius 2 is 2.04 bits per heavy atom. The average Bonchev–Trinajstić information content (AvgIpc) is 2.46. The van der Waals surface area contributed by atoms with E-state index >= 15 is 0 Å². The molecule has 1 aromatic carbocycles. The van der Waals surface area contributed by atoms with Gasteiger partial charge in [0, 0.05) is 6.07 Å². The number of rotatable bonds is 7. The van der Waals surface area contributed by atoms with Crippen LogP contribution < -0.4 is 4.74 Å². The van der Waals surface area contributed by atoms with Gasteiger partial charge in [0.1, 0.15) is 0 Å². The summed E-state index contributed by atoms with van der Waals surface area (Å²) in [6.45, 7) is 3.38. The number of nitro groups is 1. The van der Waals surface area contributed by atoms with Gasteiger partial charge in [-0.15, -0.1) is 0 Å².